The second kappa shape index (κ2) is 6.27. The van der Waals surface area contributed by atoms with Gasteiger partial charge in [0.1, 0.15) is 0 Å². The van der Waals surface area contributed by atoms with Gasteiger partial charge in [0.2, 0.25) is 0 Å². The van der Waals surface area contributed by atoms with Crippen LogP contribution in [0.1, 0.15) is 58.3 Å². The van der Waals surface area contributed by atoms with E-state index in [0.717, 1.165) is 18.9 Å². The van der Waals surface area contributed by atoms with Crippen molar-refractivity contribution in [2.45, 2.75) is 59.0 Å². The Morgan fingerprint density at radius 1 is 1.33 bits per heavy atom. The van der Waals surface area contributed by atoms with Crippen molar-refractivity contribution in [2.24, 2.45) is 11.8 Å². The summed E-state index contributed by atoms with van der Waals surface area (Å²) < 4.78 is 2.05. The number of hydrogen-bond donors (Lipinski definition) is 1. The van der Waals surface area contributed by atoms with Crippen LogP contribution < -0.4 is 5.32 Å². The Labute approximate surface area is 109 Å². The Morgan fingerprint density at radius 2 is 2.11 bits per heavy atom. The highest BCUT2D eigenvalue weighted by Gasteiger charge is 2.25. The van der Waals surface area contributed by atoms with Crippen LogP contribution in [0.2, 0.25) is 0 Å². The molecule has 102 valence electrons. The predicted octanol–water partition coefficient (Wildman–Crippen LogP) is 2.17. The molecule has 0 aromatic carbocycles. The Bertz CT molecular complexity index is 360. The van der Waals surface area contributed by atoms with Gasteiger partial charge in [-0.15, -0.1) is 5.10 Å². The second-order valence-electron chi connectivity index (χ2n) is 5.89. The maximum atomic E-state index is 4.20. The maximum absolute atomic E-state index is 4.20. The van der Waals surface area contributed by atoms with Gasteiger partial charge in [-0.1, -0.05) is 33.6 Å². The molecule has 0 bridgehead atoms. The molecule has 0 radical (unpaired) electrons. The molecule has 1 N–H and O–H groups in total. The van der Waals surface area contributed by atoms with Gasteiger partial charge in [0.25, 0.3) is 0 Å². The highest BCUT2D eigenvalue weighted by Crippen LogP contribution is 2.33. The van der Waals surface area contributed by atoms with Gasteiger partial charge < -0.3 is 5.32 Å². The largest absolute Gasteiger partial charge is 0.310 e. The van der Waals surface area contributed by atoms with Gasteiger partial charge in [-0.25, -0.2) is 4.68 Å². The SMILES string of the molecule is CC(C)CNCc1nnnn1C1CCCCC1C. The number of aromatic nitrogens is 4. The molecule has 1 heterocycles. The third-order valence-electron chi connectivity index (χ3n) is 3.78. The lowest BCUT2D eigenvalue weighted by molar-refractivity contribution is 0.231. The summed E-state index contributed by atoms with van der Waals surface area (Å²) >= 11 is 0. The minimum Gasteiger partial charge on any atom is -0.310 e. The maximum Gasteiger partial charge on any atom is 0.165 e. The van der Waals surface area contributed by atoms with Crippen molar-refractivity contribution in [1.82, 2.24) is 25.5 Å². The van der Waals surface area contributed by atoms with Crippen LogP contribution in [-0.2, 0) is 6.54 Å². The van der Waals surface area contributed by atoms with Gasteiger partial charge in [0.15, 0.2) is 5.82 Å². The standard InChI is InChI=1S/C13H25N5/c1-10(2)8-14-9-13-15-16-17-18(13)12-7-5-4-6-11(12)3/h10-12,14H,4-9H2,1-3H3. The van der Waals surface area contributed by atoms with Crippen LogP contribution in [0.5, 0.6) is 0 Å². The molecule has 0 aliphatic heterocycles. The van der Waals surface area contributed by atoms with Crippen LogP contribution in [0, 0.1) is 11.8 Å². The Morgan fingerprint density at radius 3 is 2.83 bits per heavy atom. The molecule has 5 heteroatoms. The van der Waals surface area contributed by atoms with Crippen molar-refractivity contribution < 1.29 is 0 Å². The topological polar surface area (TPSA) is 55.6 Å². The monoisotopic (exact) mass is 251 g/mol. The van der Waals surface area contributed by atoms with Crippen LogP contribution in [0.3, 0.4) is 0 Å². The molecular weight excluding hydrogens is 226 g/mol. The first-order valence-corrected chi connectivity index (χ1v) is 7.16. The van der Waals surface area contributed by atoms with Crippen molar-refractivity contribution in [3.05, 3.63) is 5.82 Å². The zero-order valence-corrected chi connectivity index (χ0v) is 11.8. The van der Waals surface area contributed by atoms with Crippen LogP contribution in [-0.4, -0.2) is 26.8 Å². The molecule has 2 rings (SSSR count). The van der Waals surface area contributed by atoms with E-state index in [-0.39, 0.29) is 0 Å². The van der Waals surface area contributed by atoms with E-state index in [0.29, 0.717) is 17.9 Å². The minimum absolute atomic E-state index is 0.490. The Balaban J connectivity index is 1.98. The molecule has 1 saturated carbocycles. The fraction of sp³-hybridized carbons (Fsp3) is 0.923. The highest BCUT2D eigenvalue weighted by atomic mass is 15.6. The van der Waals surface area contributed by atoms with Gasteiger partial charge in [-0.05, 0) is 41.6 Å². The zero-order chi connectivity index (χ0) is 13.0. The van der Waals surface area contributed by atoms with E-state index in [1.54, 1.807) is 0 Å². The van der Waals surface area contributed by atoms with Gasteiger partial charge in [-0.3, -0.25) is 0 Å². The summed E-state index contributed by atoms with van der Waals surface area (Å²) in [6.45, 7) is 8.51. The lowest BCUT2D eigenvalue weighted by Crippen LogP contribution is -2.27. The van der Waals surface area contributed by atoms with E-state index in [2.05, 4.69) is 46.3 Å². The van der Waals surface area contributed by atoms with E-state index in [1.807, 2.05) is 0 Å². The van der Waals surface area contributed by atoms with Gasteiger partial charge in [0, 0.05) is 0 Å². The van der Waals surface area contributed by atoms with Crippen LogP contribution >= 0.6 is 0 Å². The molecule has 1 aromatic heterocycles. The van der Waals surface area contributed by atoms with E-state index in [1.165, 1.54) is 25.7 Å². The zero-order valence-electron chi connectivity index (χ0n) is 11.8. The molecule has 5 nitrogen and oxygen atoms in total. The van der Waals surface area contributed by atoms with Gasteiger partial charge >= 0.3 is 0 Å². The summed E-state index contributed by atoms with van der Waals surface area (Å²) in [5.41, 5.74) is 0. The van der Waals surface area contributed by atoms with Crippen molar-refractivity contribution >= 4 is 0 Å². The van der Waals surface area contributed by atoms with Crippen molar-refractivity contribution in [1.29, 1.82) is 0 Å². The van der Waals surface area contributed by atoms with Crippen molar-refractivity contribution in [2.75, 3.05) is 6.54 Å². The average Bonchev–Trinajstić information content (AvgIpc) is 2.77. The van der Waals surface area contributed by atoms with Crippen LogP contribution in [0.15, 0.2) is 0 Å². The predicted molar refractivity (Wildman–Crippen MR) is 71.0 cm³/mol. The molecule has 1 fully saturated rings. The molecule has 0 saturated heterocycles. The number of hydrogen-bond acceptors (Lipinski definition) is 4. The normalized spacial score (nSPS) is 24.7. The first-order chi connectivity index (χ1) is 8.68. The summed E-state index contributed by atoms with van der Waals surface area (Å²) in [5.74, 6) is 2.32. The second-order valence-corrected chi connectivity index (χ2v) is 5.89. The first kappa shape index (κ1) is 13.5. The van der Waals surface area contributed by atoms with Gasteiger partial charge in [-0.2, -0.15) is 0 Å². The summed E-state index contributed by atoms with van der Waals surface area (Å²) in [5, 5.41) is 15.6. The molecule has 1 aliphatic rings. The molecule has 2 unspecified atom stereocenters. The summed E-state index contributed by atoms with van der Waals surface area (Å²) in [7, 11) is 0. The van der Waals surface area contributed by atoms with Crippen LogP contribution in [0.4, 0.5) is 0 Å². The number of tetrazole rings is 1. The molecule has 0 spiro atoms. The molecule has 18 heavy (non-hydrogen) atoms. The highest BCUT2D eigenvalue weighted by molar-refractivity contribution is 4.87. The summed E-state index contributed by atoms with van der Waals surface area (Å²) in [6.07, 6.45) is 5.15. The van der Waals surface area contributed by atoms with Crippen molar-refractivity contribution in [3.63, 3.8) is 0 Å². The molecule has 2 atom stereocenters. The van der Waals surface area contributed by atoms with E-state index in [4.69, 9.17) is 0 Å². The van der Waals surface area contributed by atoms with E-state index in [9.17, 15) is 0 Å². The Kier molecular flexibility index (Phi) is 4.69. The number of rotatable bonds is 5. The van der Waals surface area contributed by atoms with E-state index >= 15 is 0 Å². The third-order valence-corrected chi connectivity index (χ3v) is 3.78. The quantitative estimate of drug-likeness (QED) is 0.871. The number of nitrogens with one attached hydrogen (secondary N) is 1. The molecule has 1 aliphatic carbocycles. The minimum atomic E-state index is 0.490. The molecular formula is C13H25N5. The summed E-state index contributed by atoms with van der Waals surface area (Å²) in [6, 6.07) is 0.490. The van der Waals surface area contributed by atoms with E-state index < -0.39 is 0 Å². The first-order valence-electron chi connectivity index (χ1n) is 7.16. The smallest absolute Gasteiger partial charge is 0.165 e. The van der Waals surface area contributed by atoms with Crippen LogP contribution in [0.25, 0.3) is 0 Å². The Hall–Kier alpha value is -0.970. The fourth-order valence-corrected chi connectivity index (χ4v) is 2.72. The number of nitrogens with zero attached hydrogens (tertiary/aromatic N) is 4. The fourth-order valence-electron chi connectivity index (χ4n) is 2.72. The lowest BCUT2D eigenvalue weighted by atomic mass is 9.86. The average molecular weight is 251 g/mol. The molecule has 1 aromatic rings. The lowest BCUT2D eigenvalue weighted by Gasteiger charge is -2.29. The van der Waals surface area contributed by atoms with Gasteiger partial charge in [0.05, 0.1) is 12.6 Å². The molecule has 0 amide bonds. The summed E-state index contributed by atoms with van der Waals surface area (Å²) in [4.78, 5) is 0. The van der Waals surface area contributed by atoms with Crippen molar-refractivity contribution in [3.8, 4) is 0 Å². The third kappa shape index (κ3) is 3.28.